The second-order valence-electron chi connectivity index (χ2n) is 6.04. The van der Waals surface area contributed by atoms with E-state index in [0.29, 0.717) is 18.8 Å². The zero-order valence-corrected chi connectivity index (χ0v) is 15.4. The van der Waals surface area contributed by atoms with Gasteiger partial charge in [0, 0.05) is 36.9 Å². The molecular weight excluding hydrogens is 348 g/mol. The maximum absolute atomic E-state index is 12.1. The maximum Gasteiger partial charge on any atom is 0.233 e. The van der Waals surface area contributed by atoms with Gasteiger partial charge in [0.25, 0.3) is 0 Å². The fraction of sp³-hybridized carbons (Fsp3) is 0.211. The standard InChI is InChI=1S/C19H22N4O2S/c1-16-13-19(23-11-9-21-15-23)8-7-17(16)14-20-10-12-26(24,25)22-18-5-3-2-4-6-18/h2-9,11,13,15,20,22H,10,12,14H2,1H3. The summed E-state index contributed by atoms with van der Waals surface area (Å²) in [6.45, 7) is 3.05. The monoisotopic (exact) mass is 370 g/mol. The minimum atomic E-state index is -3.36. The average molecular weight is 370 g/mol. The van der Waals surface area contributed by atoms with Crippen LogP contribution in [0.25, 0.3) is 5.69 Å². The highest BCUT2D eigenvalue weighted by molar-refractivity contribution is 7.92. The molecular formula is C19H22N4O2S. The van der Waals surface area contributed by atoms with Crippen molar-refractivity contribution >= 4 is 15.7 Å². The van der Waals surface area contributed by atoms with Crippen LogP contribution in [0.4, 0.5) is 5.69 Å². The Balaban J connectivity index is 1.50. The molecule has 3 rings (SSSR count). The van der Waals surface area contributed by atoms with Gasteiger partial charge >= 0.3 is 0 Å². The number of nitrogens with zero attached hydrogens (tertiary/aromatic N) is 2. The molecule has 0 aliphatic heterocycles. The van der Waals surface area contributed by atoms with Crippen molar-refractivity contribution in [3.8, 4) is 5.69 Å². The van der Waals surface area contributed by atoms with Gasteiger partial charge in [0.1, 0.15) is 0 Å². The minimum Gasteiger partial charge on any atom is -0.312 e. The number of rotatable bonds is 8. The maximum atomic E-state index is 12.1. The molecule has 7 heteroatoms. The van der Waals surface area contributed by atoms with Gasteiger partial charge in [0.05, 0.1) is 12.1 Å². The molecule has 0 bridgehead atoms. The smallest absolute Gasteiger partial charge is 0.233 e. The van der Waals surface area contributed by atoms with Gasteiger partial charge in [-0.15, -0.1) is 0 Å². The fourth-order valence-corrected chi connectivity index (χ4v) is 3.63. The van der Waals surface area contributed by atoms with E-state index in [1.807, 2.05) is 35.9 Å². The summed E-state index contributed by atoms with van der Waals surface area (Å²) < 4.78 is 28.7. The molecule has 0 saturated heterocycles. The van der Waals surface area contributed by atoms with Crippen LogP contribution in [0.1, 0.15) is 11.1 Å². The van der Waals surface area contributed by atoms with Crippen molar-refractivity contribution in [2.24, 2.45) is 0 Å². The molecule has 0 saturated carbocycles. The number of aryl methyl sites for hydroxylation is 1. The van der Waals surface area contributed by atoms with Gasteiger partial charge in [0.2, 0.25) is 10.0 Å². The SMILES string of the molecule is Cc1cc(-n2ccnc2)ccc1CNCCS(=O)(=O)Nc1ccccc1. The lowest BCUT2D eigenvalue weighted by Gasteiger charge is -2.11. The molecule has 0 radical (unpaired) electrons. The zero-order chi connectivity index (χ0) is 18.4. The van der Waals surface area contributed by atoms with E-state index in [2.05, 4.69) is 21.1 Å². The Kier molecular flexibility index (Phi) is 5.70. The molecule has 2 aromatic carbocycles. The molecule has 0 spiro atoms. The molecule has 0 aliphatic carbocycles. The highest BCUT2D eigenvalue weighted by Gasteiger charge is 2.10. The lowest BCUT2D eigenvalue weighted by molar-refractivity contribution is 0.595. The summed E-state index contributed by atoms with van der Waals surface area (Å²) >= 11 is 0. The summed E-state index contributed by atoms with van der Waals surface area (Å²) in [5.41, 5.74) is 3.92. The molecule has 0 fully saturated rings. The molecule has 1 heterocycles. The molecule has 0 atom stereocenters. The normalized spacial score (nSPS) is 11.4. The lowest BCUT2D eigenvalue weighted by Crippen LogP contribution is -2.26. The van der Waals surface area contributed by atoms with Crippen LogP contribution in [0, 0.1) is 6.92 Å². The van der Waals surface area contributed by atoms with E-state index in [-0.39, 0.29) is 5.75 Å². The Bertz CT molecular complexity index is 939. The summed E-state index contributed by atoms with van der Waals surface area (Å²) in [4.78, 5) is 4.05. The minimum absolute atomic E-state index is 0.0219. The second kappa shape index (κ2) is 8.16. The van der Waals surface area contributed by atoms with Crippen LogP contribution >= 0.6 is 0 Å². The van der Waals surface area contributed by atoms with Crippen LogP contribution in [0.5, 0.6) is 0 Å². The van der Waals surface area contributed by atoms with E-state index in [0.717, 1.165) is 16.8 Å². The first-order valence-corrected chi connectivity index (χ1v) is 10.0. The van der Waals surface area contributed by atoms with Crippen molar-refractivity contribution in [1.29, 1.82) is 0 Å². The van der Waals surface area contributed by atoms with Crippen molar-refractivity contribution in [2.45, 2.75) is 13.5 Å². The number of para-hydroxylation sites is 1. The number of hydrogen-bond acceptors (Lipinski definition) is 4. The third-order valence-corrected chi connectivity index (χ3v) is 5.33. The molecule has 0 unspecified atom stereocenters. The van der Waals surface area contributed by atoms with Crippen LogP contribution < -0.4 is 10.0 Å². The number of aromatic nitrogens is 2. The zero-order valence-electron chi connectivity index (χ0n) is 14.6. The number of sulfonamides is 1. The first kappa shape index (κ1) is 18.2. The molecule has 0 aliphatic rings. The lowest BCUT2D eigenvalue weighted by atomic mass is 10.1. The van der Waals surface area contributed by atoms with Crippen molar-refractivity contribution in [1.82, 2.24) is 14.9 Å². The van der Waals surface area contributed by atoms with Crippen LogP contribution in [-0.4, -0.2) is 30.3 Å². The van der Waals surface area contributed by atoms with Gasteiger partial charge < -0.3 is 9.88 Å². The molecule has 1 aromatic heterocycles. The number of imidazole rings is 1. The Morgan fingerprint density at radius 1 is 1.12 bits per heavy atom. The number of nitrogens with one attached hydrogen (secondary N) is 2. The highest BCUT2D eigenvalue weighted by atomic mass is 32.2. The van der Waals surface area contributed by atoms with E-state index in [9.17, 15) is 8.42 Å². The third-order valence-electron chi connectivity index (χ3n) is 4.04. The van der Waals surface area contributed by atoms with E-state index in [1.165, 1.54) is 0 Å². The van der Waals surface area contributed by atoms with E-state index < -0.39 is 10.0 Å². The number of benzene rings is 2. The van der Waals surface area contributed by atoms with E-state index >= 15 is 0 Å². The molecule has 0 amide bonds. The molecule has 3 aromatic rings. The van der Waals surface area contributed by atoms with Gasteiger partial charge in [-0.3, -0.25) is 4.72 Å². The van der Waals surface area contributed by atoms with Gasteiger partial charge in [-0.05, 0) is 42.3 Å². The van der Waals surface area contributed by atoms with Crippen LogP contribution in [0.2, 0.25) is 0 Å². The van der Waals surface area contributed by atoms with Crippen LogP contribution in [0.3, 0.4) is 0 Å². The Hall–Kier alpha value is -2.64. The van der Waals surface area contributed by atoms with Crippen LogP contribution in [-0.2, 0) is 16.6 Å². The first-order chi connectivity index (χ1) is 12.5. The Morgan fingerprint density at radius 3 is 2.62 bits per heavy atom. The number of anilines is 1. The van der Waals surface area contributed by atoms with Crippen molar-refractivity contribution in [3.63, 3.8) is 0 Å². The first-order valence-electron chi connectivity index (χ1n) is 8.38. The molecule has 136 valence electrons. The largest absolute Gasteiger partial charge is 0.312 e. The molecule has 26 heavy (non-hydrogen) atoms. The average Bonchev–Trinajstić information content (AvgIpc) is 3.15. The summed E-state index contributed by atoms with van der Waals surface area (Å²) in [5, 5.41) is 3.20. The quantitative estimate of drug-likeness (QED) is 0.598. The third kappa shape index (κ3) is 4.93. The van der Waals surface area contributed by atoms with Gasteiger partial charge in [-0.1, -0.05) is 24.3 Å². The van der Waals surface area contributed by atoms with Gasteiger partial charge in [-0.25, -0.2) is 13.4 Å². The van der Waals surface area contributed by atoms with Gasteiger partial charge in [-0.2, -0.15) is 0 Å². The van der Waals surface area contributed by atoms with Gasteiger partial charge in [0.15, 0.2) is 0 Å². The Morgan fingerprint density at radius 2 is 1.92 bits per heavy atom. The van der Waals surface area contributed by atoms with Crippen LogP contribution in [0.15, 0.2) is 67.3 Å². The highest BCUT2D eigenvalue weighted by Crippen LogP contribution is 2.14. The van der Waals surface area contributed by atoms with E-state index in [1.54, 1.807) is 36.8 Å². The Labute approximate surface area is 154 Å². The molecule has 6 nitrogen and oxygen atoms in total. The number of hydrogen-bond donors (Lipinski definition) is 2. The summed E-state index contributed by atoms with van der Waals surface area (Å²) in [6.07, 6.45) is 5.41. The predicted molar refractivity (Wildman–Crippen MR) is 104 cm³/mol. The molecule has 2 N–H and O–H groups in total. The summed E-state index contributed by atoms with van der Waals surface area (Å²) in [7, 11) is -3.36. The van der Waals surface area contributed by atoms with Crippen molar-refractivity contribution in [3.05, 3.63) is 78.4 Å². The topological polar surface area (TPSA) is 76.0 Å². The summed E-state index contributed by atoms with van der Waals surface area (Å²) in [5.74, 6) is 0.0219. The van der Waals surface area contributed by atoms with E-state index in [4.69, 9.17) is 0 Å². The van der Waals surface area contributed by atoms with Crippen molar-refractivity contribution in [2.75, 3.05) is 17.0 Å². The van der Waals surface area contributed by atoms with Crippen molar-refractivity contribution < 1.29 is 8.42 Å². The second-order valence-corrected chi connectivity index (χ2v) is 7.89. The fourth-order valence-electron chi connectivity index (χ4n) is 2.62. The predicted octanol–water partition coefficient (Wildman–Crippen LogP) is 2.71. The summed E-state index contributed by atoms with van der Waals surface area (Å²) in [6, 6.07) is 15.1.